The van der Waals surface area contributed by atoms with Crippen LogP contribution in [0, 0.1) is 0 Å². The van der Waals surface area contributed by atoms with E-state index in [9.17, 15) is 4.79 Å². The Hall–Kier alpha value is -2.76. The lowest BCUT2D eigenvalue weighted by Crippen LogP contribution is -2.27. The van der Waals surface area contributed by atoms with E-state index >= 15 is 0 Å². The van der Waals surface area contributed by atoms with Gasteiger partial charge in [-0.1, -0.05) is 6.07 Å². The van der Waals surface area contributed by atoms with Crippen LogP contribution in [0.3, 0.4) is 0 Å². The second kappa shape index (κ2) is 7.68. The molecule has 0 aliphatic carbocycles. The highest BCUT2D eigenvalue weighted by Crippen LogP contribution is 2.30. The molecule has 0 saturated carbocycles. The third-order valence-electron chi connectivity index (χ3n) is 3.72. The lowest BCUT2D eigenvalue weighted by Gasteiger charge is -2.17. The number of carbonyl (C=O) groups is 1. The first-order valence-corrected chi connectivity index (χ1v) is 7.62. The van der Waals surface area contributed by atoms with E-state index in [1.54, 1.807) is 32.5 Å². The summed E-state index contributed by atoms with van der Waals surface area (Å²) in [4.78, 5) is 18.5. The summed E-state index contributed by atoms with van der Waals surface area (Å²) < 4.78 is 10.5. The number of nitrogens with zero attached hydrogens (tertiary/aromatic N) is 2. The van der Waals surface area contributed by atoms with Crippen LogP contribution in [0.4, 0.5) is 5.82 Å². The molecule has 24 heavy (non-hydrogen) atoms. The predicted molar refractivity (Wildman–Crippen MR) is 94.0 cm³/mol. The van der Waals surface area contributed by atoms with E-state index in [-0.39, 0.29) is 11.9 Å². The third-order valence-corrected chi connectivity index (χ3v) is 3.72. The predicted octanol–water partition coefficient (Wildman–Crippen LogP) is 2.66. The summed E-state index contributed by atoms with van der Waals surface area (Å²) >= 11 is 0. The maximum Gasteiger partial charge on any atom is 0.251 e. The molecule has 0 aliphatic rings. The Morgan fingerprint density at radius 2 is 1.83 bits per heavy atom. The standard InChI is InChI=1S/C18H23N3O3/c1-12(13-6-7-15(23-4)16(10-13)24-5)20-18(22)14-8-9-19-17(11-14)21(2)3/h6-12H,1-5H3,(H,20,22). The Morgan fingerprint density at radius 3 is 2.46 bits per heavy atom. The van der Waals surface area contributed by atoms with Gasteiger partial charge in [0.25, 0.3) is 5.91 Å². The van der Waals surface area contributed by atoms with Crippen molar-refractivity contribution in [3.8, 4) is 11.5 Å². The molecule has 6 heteroatoms. The fourth-order valence-corrected chi connectivity index (χ4v) is 2.29. The lowest BCUT2D eigenvalue weighted by molar-refractivity contribution is 0.0939. The summed E-state index contributed by atoms with van der Waals surface area (Å²) in [5.41, 5.74) is 1.50. The second-order valence-corrected chi connectivity index (χ2v) is 5.61. The number of ether oxygens (including phenoxy) is 2. The molecule has 1 aromatic heterocycles. The minimum atomic E-state index is -0.173. The highest BCUT2D eigenvalue weighted by Gasteiger charge is 2.14. The summed E-state index contributed by atoms with van der Waals surface area (Å²) in [5.74, 6) is 1.88. The number of hydrogen-bond acceptors (Lipinski definition) is 5. The molecule has 0 aliphatic heterocycles. The van der Waals surface area contributed by atoms with Crippen molar-refractivity contribution in [1.29, 1.82) is 0 Å². The molecule has 0 saturated heterocycles. The van der Waals surface area contributed by atoms with Crippen LogP contribution < -0.4 is 19.7 Å². The Morgan fingerprint density at radius 1 is 1.12 bits per heavy atom. The molecule has 0 fully saturated rings. The SMILES string of the molecule is COc1ccc(C(C)NC(=O)c2ccnc(N(C)C)c2)cc1OC. The lowest BCUT2D eigenvalue weighted by atomic mass is 10.1. The molecular formula is C18H23N3O3. The number of pyridine rings is 1. The highest BCUT2D eigenvalue weighted by molar-refractivity contribution is 5.95. The van der Waals surface area contributed by atoms with E-state index < -0.39 is 0 Å². The number of carbonyl (C=O) groups excluding carboxylic acids is 1. The maximum atomic E-state index is 12.5. The average molecular weight is 329 g/mol. The second-order valence-electron chi connectivity index (χ2n) is 5.61. The molecule has 2 rings (SSSR count). The summed E-state index contributed by atoms with van der Waals surface area (Å²) in [5, 5.41) is 2.99. The van der Waals surface area contributed by atoms with Gasteiger partial charge in [0.2, 0.25) is 0 Å². The Bertz CT molecular complexity index is 716. The molecule has 1 atom stereocenters. The molecule has 1 heterocycles. The molecule has 0 radical (unpaired) electrons. The number of methoxy groups -OCH3 is 2. The summed E-state index contributed by atoms with van der Waals surface area (Å²) in [6.07, 6.45) is 1.63. The molecule has 0 bridgehead atoms. The number of benzene rings is 1. The van der Waals surface area contributed by atoms with Gasteiger partial charge in [0.15, 0.2) is 11.5 Å². The van der Waals surface area contributed by atoms with Crippen LogP contribution in [0.2, 0.25) is 0 Å². The Labute approximate surface area is 142 Å². The molecule has 1 N–H and O–H groups in total. The van der Waals surface area contributed by atoms with E-state index in [4.69, 9.17) is 9.47 Å². The quantitative estimate of drug-likeness (QED) is 0.883. The van der Waals surface area contributed by atoms with E-state index in [1.165, 1.54) is 0 Å². The molecule has 6 nitrogen and oxygen atoms in total. The van der Waals surface area contributed by atoms with Crippen molar-refractivity contribution in [2.45, 2.75) is 13.0 Å². The van der Waals surface area contributed by atoms with Crippen LogP contribution in [0.15, 0.2) is 36.5 Å². The van der Waals surface area contributed by atoms with E-state index in [0.29, 0.717) is 17.1 Å². The number of nitrogens with one attached hydrogen (secondary N) is 1. The first-order chi connectivity index (χ1) is 11.5. The van der Waals surface area contributed by atoms with Gasteiger partial charge in [-0.2, -0.15) is 0 Å². The normalized spacial score (nSPS) is 11.5. The Balaban J connectivity index is 2.15. The van der Waals surface area contributed by atoms with E-state index in [1.807, 2.05) is 44.1 Å². The van der Waals surface area contributed by atoms with Crippen LogP contribution in [-0.4, -0.2) is 39.2 Å². The van der Waals surface area contributed by atoms with Gasteiger partial charge in [-0.25, -0.2) is 4.98 Å². The van der Waals surface area contributed by atoms with Crippen molar-refractivity contribution < 1.29 is 14.3 Å². The zero-order valence-corrected chi connectivity index (χ0v) is 14.7. The number of hydrogen-bond donors (Lipinski definition) is 1. The Kier molecular flexibility index (Phi) is 5.63. The minimum Gasteiger partial charge on any atom is -0.493 e. The van der Waals surface area contributed by atoms with Crippen LogP contribution in [0.25, 0.3) is 0 Å². The van der Waals surface area contributed by atoms with Crippen molar-refractivity contribution in [2.75, 3.05) is 33.2 Å². The summed E-state index contributed by atoms with van der Waals surface area (Å²) in [6.45, 7) is 1.92. The number of amides is 1. The van der Waals surface area contributed by atoms with Gasteiger partial charge in [-0.05, 0) is 36.8 Å². The molecule has 1 aromatic carbocycles. The van der Waals surface area contributed by atoms with Gasteiger partial charge in [-0.15, -0.1) is 0 Å². The topological polar surface area (TPSA) is 63.7 Å². The van der Waals surface area contributed by atoms with Gasteiger partial charge in [-0.3, -0.25) is 4.79 Å². The highest BCUT2D eigenvalue weighted by atomic mass is 16.5. The molecular weight excluding hydrogens is 306 g/mol. The summed E-state index contributed by atoms with van der Waals surface area (Å²) in [6, 6.07) is 8.88. The fraction of sp³-hybridized carbons (Fsp3) is 0.333. The van der Waals surface area contributed by atoms with Crippen molar-refractivity contribution in [1.82, 2.24) is 10.3 Å². The van der Waals surface area contributed by atoms with Crippen molar-refractivity contribution in [2.24, 2.45) is 0 Å². The number of aromatic nitrogens is 1. The molecule has 2 aromatic rings. The molecule has 1 unspecified atom stereocenters. The number of anilines is 1. The molecule has 1 amide bonds. The zero-order valence-electron chi connectivity index (χ0n) is 14.7. The first kappa shape index (κ1) is 17.6. The van der Waals surface area contributed by atoms with Crippen LogP contribution in [-0.2, 0) is 0 Å². The maximum absolute atomic E-state index is 12.5. The van der Waals surface area contributed by atoms with Gasteiger partial charge < -0.3 is 19.7 Å². The minimum absolute atomic E-state index is 0.150. The van der Waals surface area contributed by atoms with E-state index in [0.717, 1.165) is 11.4 Å². The largest absolute Gasteiger partial charge is 0.493 e. The third kappa shape index (κ3) is 3.95. The molecule has 128 valence electrons. The van der Waals surface area contributed by atoms with Gasteiger partial charge >= 0.3 is 0 Å². The number of rotatable bonds is 6. The van der Waals surface area contributed by atoms with Gasteiger partial charge in [0.05, 0.1) is 20.3 Å². The molecule has 0 spiro atoms. The van der Waals surface area contributed by atoms with Crippen molar-refractivity contribution in [3.05, 3.63) is 47.7 Å². The fourth-order valence-electron chi connectivity index (χ4n) is 2.29. The van der Waals surface area contributed by atoms with Crippen molar-refractivity contribution >= 4 is 11.7 Å². The van der Waals surface area contributed by atoms with Gasteiger partial charge in [0.1, 0.15) is 5.82 Å². The average Bonchev–Trinajstić information content (AvgIpc) is 2.60. The first-order valence-electron chi connectivity index (χ1n) is 7.62. The van der Waals surface area contributed by atoms with Crippen LogP contribution in [0.1, 0.15) is 28.9 Å². The summed E-state index contributed by atoms with van der Waals surface area (Å²) in [7, 11) is 6.95. The smallest absolute Gasteiger partial charge is 0.251 e. The van der Waals surface area contributed by atoms with Crippen LogP contribution >= 0.6 is 0 Å². The van der Waals surface area contributed by atoms with E-state index in [2.05, 4.69) is 10.3 Å². The van der Waals surface area contributed by atoms with Gasteiger partial charge in [0, 0.05) is 25.9 Å². The van der Waals surface area contributed by atoms with Crippen LogP contribution in [0.5, 0.6) is 11.5 Å². The van der Waals surface area contributed by atoms with Crippen molar-refractivity contribution in [3.63, 3.8) is 0 Å². The zero-order chi connectivity index (χ0) is 17.7. The monoisotopic (exact) mass is 329 g/mol.